The third-order valence-corrected chi connectivity index (χ3v) is 9.30. The van der Waals surface area contributed by atoms with Gasteiger partial charge in [0.25, 0.3) is 0 Å². The molecule has 3 aromatic rings. The fourth-order valence-corrected chi connectivity index (χ4v) is 6.48. The number of methoxy groups -OCH3 is 1. The lowest BCUT2D eigenvalue weighted by atomic mass is 9.99. The van der Waals surface area contributed by atoms with Gasteiger partial charge in [0.2, 0.25) is 11.8 Å². The highest BCUT2D eigenvalue weighted by Crippen LogP contribution is 2.44. The Kier molecular flexibility index (Phi) is 11.9. The number of aliphatic hydroxyl groups excluding tert-OH is 1. The zero-order valence-corrected chi connectivity index (χ0v) is 27.9. The Morgan fingerprint density at radius 1 is 0.979 bits per heavy atom. The van der Waals surface area contributed by atoms with Crippen LogP contribution >= 0.6 is 0 Å². The van der Waals surface area contributed by atoms with Crippen molar-refractivity contribution in [2.45, 2.75) is 69.5 Å². The molecule has 48 heavy (non-hydrogen) atoms. The normalized spacial score (nSPS) is 23.1. The fourth-order valence-electron chi connectivity index (χ4n) is 6.48. The maximum atomic E-state index is 13.8. The van der Waals surface area contributed by atoms with Crippen LogP contribution in [-0.4, -0.2) is 78.2 Å². The third kappa shape index (κ3) is 8.62. The fraction of sp³-hybridized carbons (Fsp3) is 0.395. The Hall–Kier alpha value is -4.67. The van der Waals surface area contributed by atoms with Crippen molar-refractivity contribution in [2.75, 3.05) is 27.2 Å². The molecule has 0 aromatic heterocycles. The average Bonchev–Trinajstić information content (AvgIpc) is 3.46. The number of amides is 3. The first kappa shape index (κ1) is 34.7. The van der Waals surface area contributed by atoms with Crippen LogP contribution in [0.1, 0.15) is 60.5 Å². The minimum absolute atomic E-state index is 0.152. The SMILES string of the molecule is COc1ccc2c(c1)[C@@H]1CC2N(C(=O)OCc2ccccc2)CCC=CC[C@H](N(C)C(C)=O)C(=O)N[C@@H](Cc2ccccc2)[C@H](O)CN1. The highest BCUT2D eigenvalue weighted by molar-refractivity contribution is 5.87. The number of benzene rings is 3. The smallest absolute Gasteiger partial charge is 0.410 e. The van der Waals surface area contributed by atoms with Gasteiger partial charge in [0.15, 0.2) is 0 Å². The van der Waals surface area contributed by atoms with E-state index in [0.29, 0.717) is 31.6 Å². The van der Waals surface area contributed by atoms with Crippen molar-refractivity contribution in [1.29, 1.82) is 0 Å². The molecule has 0 fully saturated rings. The van der Waals surface area contributed by atoms with Crippen LogP contribution in [0.25, 0.3) is 0 Å². The minimum Gasteiger partial charge on any atom is -0.497 e. The predicted molar refractivity (Wildman–Crippen MR) is 183 cm³/mol. The van der Waals surface area contributed by atoms with E-state index in [1.165, 1.54) is 11.8 Å². The molecule has 0 spiro atoms. The number of aliphatic hydroxyl groups is 1. The third-order valence-electron chi connectivity index (χ3n) is 9.30. The quantitative estimate of drug-likeness (QED) is 0.330. The van der Waals surface area contributed by atoms with Crippen LogP contribution in [0, 0.1) is 0 Å². The van der Waals surface area contributed by atoms with Crippen molar-refractivity contribution < 1.29 is 29.0 Å². The summed E-state index contributed by atoms with van der Waals surface area (Å²) in [6.45, 7) is 2.14. The van der Waals surface area contributed by atoms with E-state index in [9.17, 15) is 19.5 Å². The summed E-state index contributed by atoms with van der Waals surface area (Å²) in [6.07, 6.45) is 4.21. The zero-order chi connectivity index (χ0) is 34.0. The van der Waals surface area contributed by atoms with E-state index >= 15 is 0 Å². The van der Waals surface area contributed by atoms with E-state index in [-0.39, 0.29) is 43.5 Å². The molecular formula is C38H46N4O6. The molecule has 2 aliphatic rings. The topological polar surface area (TPSA) is 120 Å². The van der Waals surface area contributed by atoms with Gasteiger partial charge in [0, 0.05) is 33.1 Å². The molecule has 3 N–H and O–H groups in total. The highest BCUT2D eigenvalue weighted by atomic mass is 16.6. The second-order valence-electron chi connectivity index (χ2n) is 12.5. The number of hydrogen-bond acceptors (Lipinski definition) is 7. The summed E-state index contributed by atoms with van der Waals surface area (Å²) in [7, 11) is 3.23. The van der Waals surface area contributed by atoms with Crippen molar-refractivity contribution in [3.63, 3.8) is 0 Å². The second kappa shape index (κ2) is 16.4. The number of ether oxygens (including phenoxy) is 2. The van der Waals surface area contributed by atoms with Crippen molar-refractivity contribution in [3.05, 3.63) is 113 Å². The van der Waals surface area contributed by atoms with Crippen molar-refractivity contribution in [3.8, 4) is 5.75 Å². The molecular weight excluding hydrogens is 608 g/mol. The predicted octanol–water partition coefficient (Wildman–Crippen LogP) is 4.69. The number of nitrogens with one attached hydrogen (secondary N) is 2. The summed E-state index contributed by atoms with van der Waals surface area (Å²) in [5, 5.41) is 18.2. The molecule has 1 aliphatic carbocycles. The standard InChI is InChI=1S/C38H46N4O6/c1-26(43)41(2)34-17-11-6-12-20-42(38(46)48-25-28-15-9-5-10-16-28)35-23-32(31-22-29(47-3)18-19-30(31)35)39-24-36(44)33(40-37(34)45)21-27-13-7-4-8-14-27/h4-11,13-16,18-19,22,32-36,39,44H,12,17,20-21,23-25H2,1-3H3,(H,40,45)/t32-,33-,34-,35?,36+/m0/s1. The van der Waals surface area contributed by atoms with Crippen LogP contribution < -0.4 is 15.4 Å². The van der Waals surface area contributed by atoms with Gasteiger partial charge in [0.1, 0.15) is 18.4 Å². The number of likely N-dealkylation sites (N-methyl/N-ethyl adjacent to an activating group) is 1. The molecule has 10 nitrogen and oxygen atoms in total. The molecule has 5 atom stereocenters. The average molecular weight is 655 g/mol. The maximum Gasteiger partial charge on any atom is 0.410 e. The minimum atomic E-state index is -0.957. The van der Waals surface area contributed by atoms with Crippen LogP contribution in [0.15, 0.2) is 91.0 Å². The Labute approximate surface area is 282 Å². The van der Waals surface area contributed by atoms with Gasteiger partial charge in [-0.3, -0.25) is 9.59 Å². The van der Waals surface area contributed by atoms with Gasteiger partial charge in [-0.1, -0.05) is 78.9 Å². The number of β-amino-alcohol motifs (C(OH)–C–C–N with tert-alkyl or cyclic N) is 1. The number of fused-ring (bicyclic) bond motifs is 5. The Morgan fingerprint density at radius 2 is 1.69 bits per heavy atom. The van der Waals surface area contributed by atoms with Crippen LogP contribution in [0.2, 0.25) is 0 Å². The van der Waals surface area contributed by atoms with E-state index in [4.69, 9.17) is 9.47 Å². The van der Waals surface area contributed by atoms with Gasteiger partial charge in [-0.25, -0.2) is 4.79 Å². The number of rotatable bonds is 6. The van der Waals surface area contributed by atoms with Crippen LogP contribution in [0.5, 0.6) is 5.75 Å². The summed E-state index contributed by atoms with van der Waals surface area (Å²) >= 11 is 0. The molecule has 3 amide bonds. The first-order valence-corrected chi connectivity index (χ1v) is 16.5. The van der Waals surface area contributed by atoms with Gasteiger partial charge in [-0.05, 0) is 60.1 Å². The van der Waals surface area contributed by atoms with Gasteiger partial charge in [0.05, 0.1) is 25.3 Å². The lowest BCUT2D eigenvalue weighted by molar-refractivity contribution is -0.138. The summed E-state index contributed by atoms with van der Waals surface area (Å²) in [5.74, 6) is 0.118. The van der Waals surface area contributed by atoms with E-state index in [2.05, 4.69) is 10.6 Å². The number of carbonyl (C=O) groups excluding carboxylic acids is 3. The molecule has 0 saturated heterocycles. The van der Waals surface area contributed by atoms with E-state index in [0.717, 1.165) is 22.3 Å². The molecule has 5 rings (SSSR count). The largest absolute Gasteiger partial charge is 0.497 e. The van der Waals surface area contributed by atoms with Crippen LogP contribution in [-0.2, 0) is 27.4 Å². The highest BCUT2D eigenvalue weighted by Gasteiger charge is 2.38. The summed E-state index contributed by atoms with van der Waals surface area (Å²) in [6, 6.07) is 23.3. The lowest BCUT2D eigenvalue weighted by Gasteiger charge is -2.31. The second-order valence-corrected chi connectivity index (χ2v) is 12.5. The molecule has 2 bridgehead atoms. The van der Waals surface area contributed by atoms with Gasteiger partial charge >= 0.3 is 6.09 Å². The maximum absolute atomic E-state index is 13.8. The van der Waals surface area contributed by atoms with Gasteiger partial charge in [-0.2, -0.15) is 0 Å². The Bertz CT molecular complexity index is 1570. The molecule has 0 radical (unpaired) electrons. The molecule has 1 heterocycles. The lowest BCUT2D eigenvalue weighted by Crippen LogP contribution is -2.55. The van der Waals surface area contributed by atoms with Crippen LogP contribution in [0.3, 0.4) is 0 Å². The zero-order valence-electron chi connectivity index (χ0n) is 27.9. The monoisotopic (exact) mass is 654 g/mol. The van der Waals surface area contributed by atoms with E-state index < -0.39 is 24.3 Å². The molecule has 3 aromatic carbocycles. The molecule has 1 unspecified atom stereocenters. The van der Waals surface area contributed by atoms with Crippen molar-refractivity contribution in [1.82, 2.24) is 20.4 Å². The Morgan fingerprint density at radius 3 is 2.38 bits per heavy atom. The van der Waals surface area contributed by atoms with Gasteiger partial charge < -0.3 is 35.0 Å². The first-order valence-electron chi connectivity index (χ1n) is 16.5. The number of nitrogens with zero attached hydrogens (tertiary/aromatic N) is 2. The molecule has 10 heteroatoms. The molecule has 0 saturated carbocycles. The van der Waals surface area contributed by atoms with Crippen molar-refractivity contribution in [2.24, 2.45) is 0 Å². The van der Waals surface area contributed by atoms with Gasteiger partial charge in [-0.15, -0.1) is 0 Å². The molecule has 254 valence electrons. The Balaban J connectivity index is 1.46. The van der Waals surface area contributed by atoms with E-state index in [1.54, 1.807) is 19.1 Å². The number of hydrogen-bond donors (Lipinski definition) is 3. The summed E-state index contributed by atoms with van der Waals surface area (Å²) < 4.78 is 11.4. The summed E-state index contributed by atoms with van der Waals surface area (Å²) in [4.78, 5) is 43.1. The van der Waals surface area contributed by atoms with Crippen molar-refractivity contribution >= 4 is 17.9 Å². The van der Waals surface area contributed by atoms with E-state index in [1.807, 2.05) is 91.0 Å². The first-order chi connectivity index (χ1) is 23.2. The summed E-state index contributed by atoms with van der Waals surface area (Å²) in [5.41, 5.74) is 3.84. The van der Waals surface area contributed by atoms with Crippen LogP contribution in [0.4, 0.5) is 4.79 Å². The number of carbonyl (C=O) groups is 3. The molecule has 1 aliphatic heterocycles.